The van der Waals surface area contributed by atoms with E-state index in [-0.39, 0.29) is 6.08 Å². The van der Waals surface area contributed by atoms with Crippen LogP contribution in [0.1, 0.15) is 5.56 Å². The number of hydrogen-bond donors (Lipinski definition) is 0. The summed E-state index contributed by atoms with van der Waals surface area (Å²) in [4.78, 5) is 11.6. The topological polar surface area (TPSA) is 57.3 Å². The highest BCUT2D eigenvalue weighted by Gasteiger charge is 2.08. The van der Waals surface area contributed by atoms with Crippen molar-refractivity contribution in [2.24, 2.45) is 0 Å². The van der Waals surface area contributed by atoms with Gasteiger partial charge in [0.05, 0.1) is 13.7 Å². The molecular weight excluding hydrogens is 268 g/mol. The van der Waals surface area contributed by atoms with Gasteiger partial charge in [-0.2, -0.15) is 4.68 Å². The van der Waals surface area contributed by atoms with Gasteiger partial charge in [-0.3, -0.25) is 0 Å². The molecule has 0 atom stereocenters. The van der Waals surface area contributed by atoms with E-state index in [1.807, 2.05) is 54.6 Å². The van der Waals surface area contributed by atoms with Crippen LogP contribution in [-0.2, 0) is 6.54 Å². The molecule has 1 aromatic heterocycles. The van der Waals surface area contributed by atoms with Gasteiger partial charge in [-0.1, -0.05) is 53.6 Å². The first-order valence-electron chi connectivity index (χ1n) is 6.52. The normalized spacial score (nSPS) is 10.5. The van der Waals surface area contributed by atoms with E-state index in [9.17, 15) is 4.79 Å². The number of hydrogen-bond acceptors (Lipinski definition) is 4. The molecule has 3 aromatic rings. The van der Waals surface area contributed by atoms with Gasteiger partial charge < -0.3 is 9.15 Å². The third kappa shape index (κ3) is 2.86. The van der Waals surface area contributed by atoms with Crippen molar-refractivity contribution in [3.63, 3.8) is 0 Å². The Morgan fingerprint density at radius 2 is 1.86 bits per heavy atom. The quantitative estimate of drug-likeness (QED) is 0.738. The third-order valence-electron chi connectivity index (χ3n) is 3.13. The van der Waals surface area contributed by atoms with E-state index in [1.165, 1.54) is 11.8 Å². The number of nitrogens with zero attached hydrogens (tertiary/aromatic N) is 2. The Bertz CT molecular complexity index is 791. The van der Waals surface area contributed by atoms with Crippen molar-refractivity contribution in [3.05, 3.63) is 70.7 Å². The van der Waals surface area contributed by atoms with Crippen LogP contribution in [0.3, 0.4) is 0 Å². The molecule has 0 fully saturated rings. The maximum absolute atomic E-state index is 11.6. The predicted octanol–water partition coefficient (Wildman–Crippen LogP) is 2.56. The number of aromatic nitrogens is 2. The fourth-order valence-electron chi connectivity index (χ4n) is 2.12. The van der Waals surface area contributed by atoms with Crippen LogP contribution in [0.2, 0.25) is 0 Å². The Kier molecular flexibility index (Phi) is 3.55. The minimum Gasteiger partial charge on any atom is -0.452 e. The van der Waals surface area contributed by atoms with Crippen molar-refractivity contribution < 1.29 is 9.15 Å². The lowest BCUT2D eigenvalue weighted by Gasteiger charge is -2.05. The molecule has 1 heterocycles. The molecule has 5 heteroatoms. The fraction of sp³-hybridized carbons (Fsp3) is 0.125. The Hall–Kier alpha value is -2.82. The summed E-state index contributed by atoms with van der Waals surface area (Å²) in [5, 5.41) is 3.94. The Morgan fingerprint density at radius 1 is 1.10 bits per heavy atom. The average molecular weight is 282 g/mol. The first kappa shape index (κ1) is 13.2. The third-order valence-corrected chi connectivity index (χ3v) is 3.13. The number of ether oxygens (including phenoxy) is 1. The zero-order valence-electron chi connectivity index (χ0n) is 11.5. The Balaban J connectivity index is 1.90. The number of methoxy groups -OCH3 is 1. The highest BCUT2D eigenvalue weighted by atomic mass is 16.6. The van der Waals surface area contributed by atoms with Crippen LogP contribution < -0.4 is 10.5 Å². The maximum atomic E-state index is 11.6. The monoisotopic (exact) mass is 282 g/mol. The smallest absolute Gasteiger partial charge is 0.439 e. The minimum absolute atomic E-state index is 0.0285. The molecule has 0 aliphatic rings. The summed E-state index contributed by atoms with van der Waals surface area (Å²) >= 11 is 0. The maximum Gasteiger partial charge on any atom is 0.439 e. The van der Waals surface area contributed by atoms with E-state index in [2.05, 4.69) is 5.10 Å². The van der Waals surface area contributed by atoms with Crippen molar-refractivity contribution >= 4 is 0 Å². The van der Waals surface area contributed by atoms with Gasteiger partial charge in [0.1, 0.15) is 0 Å². The van der Waals surface area contributed by atoms with E-state index in [1.54, 1.807) is 0 Å². The zero-order chi connectivity index (χ0) is 14.7. The Morgan fingerprint density at radius 3 is 2.57 bits per heavy atom. The van der Waals surface area contributed by atoms with Crippen LogP contribution in [0, 0.1) is 0 Å². The molecule has 0 bridgehead atoms. The minimum atomic E-state index is -0.531. The molecule has 3 rings (SSSR count). The summed E-state index contributed by atoms with van der Waals surface area (Å²) in [5.74, 6) is -0.531. The lowest BCUT2D eigenvalue weighted by Crippen LogP contribution is -2.16. The van der Waals surface area contributed by atoms with Crippen molar-refractivity contribution in [1.29, 1.82) is 0 Å². The summed E-state index contributed by atoms with van der Waals surface area (Å²) in [6.07, 6.45) is -0.0285. The van der Waals surface area contributed by atoms with Crippen LogP contribution in [0.5, 0.6) is 6.08 Å². The van der Waals surface area contributed by atoms with E-state index in [0.29, 0.717) is 6.54 Å². The second-order valence-corrected chi connectivity index (χ2v) is 4.56. The molecule has 0 spiro atoms. The van der Waals surface area contributed by atoms with Crippen LogP contribution in [0.4, 0.5) is 0 Å². The van der Waals surface area contributed by atoms with E-state index < -0.39 is 5.76 Å². The largest absolute Gasteiger partial charge is 0.452 e. The van der Waals surface area contributed by atoms with Crippen LogP contribution in [-0.4, -0.2) is 16.9 Å². The second-order valence-electron chi connectivity index (χ2n) is 4.56. The molecule has 0 N–H and O–H groups in total. The van der Waals surface area contributed by atoms with Gasteiger partial charge in [-0.15, -0.1) is 0 Å². The van der Waals surface area contributed by atoms with Crippen LogP contribution >= 0.6 is 0 Å². The predicted molar refractivity (Wildman–Crippen MR) is 78.3 cm³/mol. The molecule has 0 radical (unpaired) electrons. The van der Waals surface area contributed by atoms with E-state index >= 15 is 0 Å². The number of benzene rings is 2. The van der Waals surface area contributed by atoms with Crippen molar-refractivity contribution in [2.75, 3.05) is 7.11 Å². The molecule has 0 unspecified atom stereocenters. The van der Waals surface area contributed by atoms with Gasteiger partial charge >= 0.3 is 11.8 Å². The second kappa shape index (κ2) is 5.66. The molecule has 5 nitrogen and oxygen atoms in total. The molecule has 0 saturated heterocycles. The van der Waals surface area contributed by atoms with Crippen molar-refractivity contribution in [1.82, 2.24) is 9.78 Å². The molecular formula is C16H14N2O3. The first-order chi connectivity index (χ1) is 10.3. The van der Waals surface area contributed by atoms with Crippen molar-refractivity contribution in [2.45, 2.75) is 6.54 Å². The van der Waals surface area contributed by atoms with Gasteiger partial charge in [-0.05, 0) is 22.8 Å². The molecule has 106 valence electrons. The van der Waals surface area contributed by atoms with Gasteiger partial charge in [0, 0.05) is 0 Å². The summed E-state index contributed by atoms with van der Waals surface area (Å²) in [6.45, 7) is 0.340. The van der Waals surface area contributed by atoms with E-state index in [0.717, 1.165) is 16.7 Å². The van der Waals surface area contributed by atoms with Gasteiger partial charge in [0.25, 0.3) is 0 Å². The first-order valence-corrected chi connectivity index (χ1v) is 6.52. The van der Waals surface area contributed by atoms with E-state index in [4.69, 9.17) is 9.15 Å². The van der Waals surface area contributed by atoms with Gasteiger partial charge in [0.2, 0.25) is 0 Å². The summed E-state index contributed by atoms with van der Waals surface area (Å²) in [7, 11) is 1.41. The highest BCUT2D eigenvalue weighted by molar-refractivity contribution is 5.63. The molecule has 0 amide bonds. The number of rotatable bonds is 4. The summed E-state index contributed by atoms with van der Waals surface area (Å²) in [5.41, 5.74) is 3.19. The molecule has 0 aliphatic carbocycles. The average Bonchev–Trinajstić information content (AvgIpc) is 2.89. The fourth-order valence-corrected chi connectivity index (χ4v) is 2.12. The lowest BCUT2D eigenvalue weighted by atomic mass is 10.0. The van der Waals surface area contributed by atoms with Crippen LogP contribution in [0.15, 0.2) is 63.8 Å². The summed E-state index contributed by atoms with van der Waals surface area (Å²) < 4.78 is 10.9. The lowest BCUT2D eigenvalue weighted by molar-refractivity contribution is 0.282. The van der Waals surface area contributed by atoms with Crippen LogP contribution in [0.25, 0.3) is 11.1 Å². The zero-order valence-corrected chi connectivity index (χ0v) is 11.5. The molecule has 0 aliphatic heterocycles. The molecule has 2 aromatic carbocycles. The van der Waals surface area contributed by atoms with Gasteiger partial charge in [-0.25, -0.2) is 4.79 Å². The molecule has 0 saturated carbocycles. The standard InChI is InChI=1S/C16H14N2O3/c1-20-15-17-18(16(19)21-15)11-12-6-5-9-14(10-12)13-7-3-2-4-8-13/h2-10H,11H2,1H3. The Labute approximate surface area is 121 Å². The highest BCUT2D eigenvalue weighted by Crippen LogP contribution is 2.20. The van der Waals surface area contributed by atoms with Crippen molar-refractivity contribution in [3.8, 4) is 17.2 Å². The van der Waals surface area contributed by atoms with Gasteiger partial charge in [0.15, 0.2) is 0 Å². The molecule has 21 heavy (non-hydrogen) atoms. The SMILES string of the molecule is COc1nn(Cc2cccc(-c3ccccc3)c2)c(=O)o1. The summed E-state index contributed by atoms with van der Waals surface area (Å²) in [6, 6.07) is 18.0.